The van der Waals surface area contributed by atoms with E-state index in [4.69, 9.17) is 4.74 Å². The van der Waals surface area contributed by atoms with Gasteiger partial charge in [0.25, 0.3) is 0 Å². The van der Waals surface area contributed by atoms with Crippen molar-refractivity contribution in [1.29, 1.82) is 0 Å². The molecule has 0 amide bonds. The van der Waals surface area contributed by atoms with Crippen LogP contribution in [0, 0.1) is 11.6 Å². The summed E-state index contributed by atoms with van der Waals surface area (Å²) in [5.41, 5.74) is 2.53. The summed E-state index contributed by atoms with van der Waals surface area (Å²) in [4.78, 5) is 17.5. The van der Waals surface area contributed by atoms with Crippen LogP contribution in [0.2, 0.25) is 0 Å². The second kappa shape index (κ2) is 7.05. The van der Waals surface area contributed by atoms with Gasteiger partial charge in [0.2, 0.25) is 5.95 Å². The van der Waals surface area contributed by atoms with Crippen LogP contribution in [0.15, 0.2) is 60.1 Å². The summed E-state index contributed by atoms with van der Waals surface area (Å²) in [7, 11) is 1.60. The third-order valence-corrected chi connectivity index (χ3v) is 5.65. The van der Waals surface area contributed by atoms with E-state index in [1.54, 1.807) is 7.11 Å². The number of nitrogens with one attached hydrogen (secondary N) is 1. The van der Waals surface area contributed by atoms with Gasteiger partial charge < -0.3 is 10.1 Å². The molecule has 1 aromatic heterocycles. The van der Waals surface area contributed by atoms with Crippen LogP contribution in [-0.2, 0) is 4.79 Å². The molecule has 0 saturated heterocycles. The first-order valence-corrected chi connectivity index (χ1v) is 9.56. The van der Waals surface area contributed by atoms with Crippen molar-refractivity contribution in [3.05, 3.63) is 82.8 Å². The SMILES string of the molecule is COc1ccc(C2CC(=O)C3=C(C2)Nc2ncnn2C3c2cc(F)cc(F)c2)cc1. The first-order valence-electron chi connectivity index (χ1n) is 9.56. The molecular weight excluding hydrogens is 390 g/mol. The van der Waals surface area contributed by atoms with Gasteiger partial charge in [0.05, 0.1) is 7.11 Å². The van der Waals surface area contributed by atoms with Gasteiger partial charge in [0, 0.05) is 23.8 Å². The largest absolute Gasteiger partial charge is 0.497 e. The summed E-state index contributed by atoms with van der Waals surface area (Å²) in [5.74, 6) is -0.322. The molecule has 30 heavy (non-hydrogen) atoms. The van der Waals surface area contributed by atoms with E-state index in [-0.39, 0.29) is 11.7 Å². The van der Waals surface area contributed by atoms with Gasteiger partial charge in [-0.25, -0.2) is 13.5 Å². The molecule has 1 aliphatic carbocycles. The van der Waals surface area contributed by atoms with Crippen molar-refractivity contribution in [2.24, 2.45) is 0 Å². The monoisotopic (exact) mass is 408 g/mol. The number of halogens is 2. The van der Waals surface area contributed by atoms with Crippen molar-refractivity contribution in [2.75, 3.05) is 12.4 Å². The van der Waals surface area contributed by atoms with Crippen molar-refractivity contribution < 1.29 is 18.3 Å². The molecule has 2 aliphatic rings. The van der Waals surface area contributed by atoms with Gasteiger partial charge >= 0.3 is 0 Å². The summed E-state index contributed by atoms with van der Waals surface area (Å²) in [6.45, 7) is 0. The van der Waals surface area contributed by atoms with E-state index < -0.39 is 17.7 Å². The normalized spacial score (nSPS) is 20.4. The van der Waals surface area contributed by atoms with Gasteiger partial charge in [0.15, 0.2) is 5.78 Å². The van der Waals surface area contributed by atoms with Crippen molar-refractivity contribution >= 4 is 11.7 Å². The molecule has 2 aromatic carbocycles. The number of carbonyl (C=O) groups is 1. The second-order valence-electron chi connectivity index (χ2n) is 7.45. The van der Waals surface area contributed by atoms with Crippen LogP contribution in [-0.4, -0.2) is 27.7 Å². The van der Waals surface area contributed by atoms with Crippen LogP contribution < -0.4 is 10.1 Å². The Morgan fingerprint density at radius 2 is 1.80 bits per heavy atom. The lowest BCUT2D eigenvalue weighted by Gasteiger charge is -2.35. The minimum Gasteiger partial charge on any atom is -0.497 e. The number of methoxy groups -OCH3 is 1. The summed E-state index contributed by atoms with van der Waals surface area (Å²) in [6, 6.07) is 10.2. The van der Waals surface area contributed by atoms with Crippen LogP contribution in [0.3, 0.4) is 0 Å². The van der Waals surface area contributed by atoms with Crippen molar-refractivity contribution in [3.63, 3.8) is 0 Å². The minimum absolute atomic E-state index is 0.0194. The Morgan fingerprint density at radius 1 is 1.07 bits per heavy atom. The predicted octanol–water partition coefficient (Wildman–Crippen LogP) is 3.98. The summed E-state index contributed by atoms with van der Waals surface area (Å²) < 4.78 is 34.6. The number of carbonyl (C=O) groups excluding carboxylic acids is 1. The Bertz CT molecular complexity index is 1150. The third-order valence-electron chi connectivity index (χ3n) is 5.65. The van der Waals surface area contributed by atoms with E-state index in [0.717, 1.165) is 17.4 Å². The van der Waals surface area contributed by atoms with Crippen LogP contribution in [0.5, 0.6) is 5.75 Å². The van der Waals surface area contributed by atoms with Gasteiger partial charge in [-0.1, -0.05) is 12.1 Å². The Morgan fingerprint density at radius 3 is 2.50 bits per heavy atom. The standard InChI is InChI=1S/C22H18F2N4O2/c1-30-17-4-2-12(3-5-17)13-8-18-20(19(29)9-13)21(28-22(27-18)25-11-26-28)14-6-15(23)10-16(24)7-14/h2-7,10-11,13,21H,8-9H2,1H3,(H,25,26,27). The molecule has 3 aromatic rings. The number of Topliss-reactive ketones (excluding diaryl/α,β-unsaturated/α-hetero) is 1. The molecule has 2 unspecified atom stereocenters. The molecule has 0 bridgehead atoms. The van der Waals surface area contributed by atoms with Crippen molar-refractivity contribution in [1.82, 2.24) is 14.8 Å². The van der Waals surface area contributed by atoms with Gasteiger partial charge in [-0.05, 0) is 47.7 Å². The lowest BCUT2D eigenvalue weighted by atomic mass is 9.78. The maximum atomic E-state index is 13.9. The quantitative estimate of drug-likeness (QED) is 0.710. The van der Waals surface area contributed by atoms with Gasteiger partial charge in [0.1, 0.15) is 29.8 Å². The van der Waals surface area contributed by atoms with E-state index in [1.165, 1.54) is 23.1 Å². The summed E-state index contributed by atoms with van der Waals surface area (Å²) in [5, 5.41) is 7.39. The zero-order valence-electron chi connectivity index (χ0n) is 16.1. The molecule has 6 nitrogen and oxygen atoms in total. The highest BCUT2D eigenvalue weighted by atomic mass is 19.1. The molecule has 2 heterocycles. The fraction of sp³-hybridized carbons (Fsp3) is 0.227. The average Bonchev–Trinajstić information content (AvgIpc) is 3.19. The fourth-order valence-corrected chi connectivity index (χ4v) is 4.30. The topological polar surface area (TPSA) is 69.0 Å². The molecule has 0 spiro atoms. The molecule has 0 radical (unpaired) electrons. The third kappa shape index (κ3) is 3.04. The lowest BCUT2D eigenvalue weighted by molar-refractivity contribution is -0.116. The first kappa shape index (κ1) is 18.5. The maximum Gasteiger partial charge on any atom is 0.226 e. The Hall–Kier alpha value is -3.55. The second-order valence-corrected chi connectivity index (χ2v) is 7.45. The van der Waals surface area contributed by atoms with Crippen LogP contribution in [0.4, 0.5) is 14.7 Å². The molecular formula is C22H18F2N4O2. The van der Waals surface area contributed by atoms with E-state index in [1.807, 2.05) is 24.3 Å². The minimum atomic E-state index is -0.728. The number of hydrogen-bond donors (Lipinski definition) is 1. The number of aromatic nitrogens is 3. The number of rotatable bonds is 3. The highest BCUT2D eigenvalue weighted by Crippen LogP contribution is 2.44. The molecule has 2 atom stereocenters. The van der Waals surface area contributed by atoms with Crippen LogP contribution >= 0.6 is 0 Å². The fourth-order valence-electron chi connectivity index (χ4n) is 4.30. The van der Waals surface area contributed by atoms with Crippen molar-refractivity contribution in [2.45, 2.75) is 24.8 Å². The molecule has 1 N–H and O–H groups in total. The number of fused-ring (bicyclic) bond motifs is 1. The highest BCUT2D eigenvalue weighted by molar-refractivity contribution is 6.00. The lowest BCUT2D eigenvalue weighted by Crippen LogP contribution is -2.33. The molecule has 0 fully saturated rings. The van der Waals surface area contributed by atoms with E-state index in [2.05, 4.69) is 15.4 Å². The molecule has 1 aliphatic heterocycles. The average molecular weight is 408 g/mol. The zero-order valence-corrected chi connectivity index (χ0v) is 16.1. The number of anilines is 1. The number of benzene rings is 2. The number of hydrogen-bond acceptors (Lipinski definition) is 5. The Balaban J connectivity index is 1.58. The predicted molar refractivity (Wildman–Crippen MR) is 105 cm³/mol. The molecule has 8 heteroatoms. The first-order chi connectivity index (χ1) is 14.5. The van der Waals surface area contributed by atoms with Crippen LogP contribution in [0.25, 0.3) is 0 Å². The summed E-state index contributed by atoms with van der Waals surface area (Å²) >= 11 is 0. The zero-order chi connectivity index (χ0) is 20.8. The number of ketones is 1. The number of nitrogens with zero attached hydrogens (tertiary/aromatic N) is 3. The smallest absolute Gasteiger partial charge is 0.226 e. The van der Waals surface area contributed by atoms with Crippen LogP contribution in [0.1, 0.15) is 35.9 Å². The Kier molecular flexibility index (Phi) is 4.34. The number of allylic oxidation sites excluding steroid dienone is 2. The van der Waals surface area contributed by atoms with Gasteiger partial charge in [-0.2, -0.15) is 10.1 Å². The maximum absolute atomic E-state index is 13.9. The van der Waals surface area contributed by atoms with Gasteiger partial charge in [-0.3, -0.25) is 4.79 Å². The molecule has 0 saturated carbocycles. The van der Waals surface area contributed by atoms with Crippen molar-refractivity contribution in [3.8, 4) is 5.75 Å². The molecule has 152 valence electrons. The number of ether oxygens (including phenoxy) is 1. The van der Waals surface area contributed by atoms with Gasteiger partial charge in [-0.15, -0.1) is 0 Å². The van der Waals surface area contributed by atoms with E-state index >= 15 is 0 Å². The Labute approximate surface area is 171 Å². The van der Waals surface area contributed by atoms with E-state index in [9.17, 15) is 13.6 Å². The highest BCUT2D eigenvalue weighted by Gasteiger charge is 2.39. The molecule has 5 rings (SSSR count). The van der Waals surface area contributed by atoms with E-state index in [0.29, 0.717) is 35.6 Å². The summed E-state index contributed by atoms with van der Waals surface area (Å²) in [6.07, 6.45) is 2.23.